The van der Waals surface area contributed by atoms with Gasteiger partial charge in [0.25, 0.3) is 11.7 Å². The average Bonchev–Trinajstić information content (AvgIpc) is 3.42. The number of aliphatic hydroxyl groups excluding tert-OH is 1. The molecule has 1 aliphatic heterocycles. The van der Waals surface area contributed by atoms with Crippen LogP contribution in [0.25, 0.3) is 5.76 Å². The highest BCUT2D eigenvalue weighted by Gasteiger charge is 2.46. The van der Waals surface area contributed by atoms with E-state index in [0.29, 0.717) is 29.2 Å². The Bertz CT molecular complexity index is 1230. The summed E-state index contributed by atoms with van der Waals surface area (Å²) in [6.45, 7) is 5.56. The molecule has 168 valence electrons. The standard InChI is InChI=1S/C26H22FNO5/c1-3-12-32-19-10-8-17(9-11-19)23-22(24(29)18-7-6-16(2)21(27)14-18)25(30)26(31)28(23)15-20-5-4-13-33-20/h3-11,13-14,23,29H,1,12,15H2,2H3/t23-/m1/s1. The second-order valence-electron chi connectivity index (χ2n) is 7.64. The van der Waals surface area contributed by atoms with Crippen molar-refractivity contribution in [1.82, 2.24) is 4.90 Å². The fraction of sp³-hybridized carbons (Fsp3) is 0.154. The zero-order valence-electron chi connectivity index (χ0n) is 18.0. The van der Waals surface area contributed by atoms with Crippen molar-refractivity contribution in [3.63, 3.8) is 0 Å². The van der Waals surface area contributed by atoms with Crippen molar-refractivity contribution in [1.29, 1.82) is 0 Å². The molecule has 0 spiro atoms. The van der Waals surface area contributed by atoms with E-state index >= 15 is 0 Å². The normalized spacial score (nSPS) is 17.4. The van der Waals surface area contributed by atoms with Gasteiger partial charge >= 0.3 is 0 Å². The van der Waals surface area contributed by atoms with Crippen LogP contribution in [0, 0.1) is 12.7 Å². The van der Waals surface area contributed by atoms with Crippen LogP contribution >= 0.6 is 0 Å². The third kappa shape index (κ3) is 4.30. The molecule has 33 heavy (non-hydrogen) atoms. The second kappa shape index (κ2) is 9.16. The van der Waals surface area contributed by atoms with Crippen molar-refractivity contribution in [3.05, 3.63) is 107 Å². The molecule has 6 nitrogen and oxygen atoms in total. The molecule has 1 aromatic heterocycles. The van der Waals surface area contributed by atoms with E-state index in [9.17, 15) is 19.1 Å². The molecule has 7 heteroatoms. The minimum atomic E-state index is -0.895. The largest absolute Gasteiger partial charge is 0.507 e. The number of likely N-dealkylation sites (tertiary alicyclic amines) is 1. The maximum atomic E-state index is 14.2. The predicted molar refractivity (Wildman–Crippen MR) is 120 cm³/mol. The molecule has 0 saturated carbocycles. The summed E-state index contributed by atoms with van der Waals surface area (Å²) in [5.41, 5.74) is 0.983. The average molecular weight is 447 g/mol. The Balaban J connectivity index is 1.82. The molecule has 0 radical (unpaired) electrons. The number of halogens is 1. The van der Waals surface area contributed by atoms with E-state index in [2.05, 4.69) is 6.58 Å². The van der Waals surface area contributed by atoms with Gasteiger partial charge in [-0.2, -0.15) is 0 Å². The Labute approximate surface area is 190 Å². The smallest absolute Gasteiger partial charge is 0.296 e. The Morgan fingerprint density at radius 1 is 1.21 bits per heavy atom. The quantitative estimate of drug-likeness (QED) is 0.241. The number of furan rings is 1. The van der Waals surface area contributed by atoms with Crippen molar-refractivity contribution < 1.29 is 28.2 Å². The third-order valence-corrected chi connectivity index (χ3v) is 5.46. The number of amides is 1. The van der Waals surface area contributed by atoms with Gasteiger partial charge in [-0.1, -0.05) is 36.9 Å². The van der Waals surface area contributed by atoms with Crippen LogP contribution in [0.2, 0.25) is 0 Å². The predicted octanol–water partition coefficient (Wildman–Crippen LogP) is 4.91. The number of rotatable bonds is 7. The lowest BCUT2D eigenvalue weighted by Crippen LogP contribution is -2.29. The summed E-state index contributed by atoms with van der Waals surface area (Å²) in [7, 11) is 0. The van der Waals surface area contributed by atoms with E-state index in [1.54, 1.807) is 49.4 Å². The van der Waals surface area contributed by atoms with Gasteiger partial charge in [0.1, 0.15) is 29.7 Å². The van der Waals surface area contributed by atoms with Gasteiger partial charge in [0.15, 0.2) is 0 Å². The molecule has 3 aromatic rings. The number of Topliss-reactive ketones (excluding diaryl/α,β-unsaturated/α-hetero) is 1. The van der Waals surface area contributed by atoms with E-state index in [4.69, 9.17) is 9.15 Å². The Morgan fingerprint density at radius 3 is 2.61 bits per heavy atom. The Hall–Kier alpha value is -4.13. The van der Waals surface area contributed by atoms with E-state index in [0.717, 1.165) is 6.07 Å². The fourth-order valence-electron chi connectivity index (χ4n) is 3.76. The zero-order valence-corrected chi connectivity index (χ0v) is 18.0. The van der Waals surface area contributed by atoms with E-state index in [1.165, 1.54) is 23.3 Å². The first kappa shape index (κ1) is 22.1. The Morgan fingerprint density at radius 2 is 1.97 bits per heavy atom. The first-order valence-electron chi connectivity index (χ1n) is 10.3. The molecule has 2 heterocycles. The fourth-order valence-corrected chi connectivity index (χ4v) is 3.76. The van der Waals surface area contributed by atoms with Gasteiger partial charge in [-0.05, 0) is 48.4 Å². The number of ketones is 1. The number of nitrogens with zero attached hydrogens (tertiary/aromatic N) is 1. The van der Waals surface area contributed by atoms with Gasteiger partial charge in [-0.25, -0.2) is 4.39 Å². The topological polar surface area (TPSA) is 80.0 Å². The maximum Gasteiger partial charge on any atom is 0.296 e. The van der Waals surface area contributed by atoms with Crippen molar-refractivity contribution >= 4 is 17.4 Å². The van der Waals surface area contributed by atoms with Gasteiger partial charge in [-0.15, -0.1) is 0 Å². The number of ether oxygens (including phenoxy) is 1. The molecule has 0 bridgehead atoms. The number of hydrogen-bond donors (Lipinski definition) is 1. The molecule has 1 amide bonds. The summed E-state index contributed by atoms with van der Waals surface area (Å²) in [6.07, 6.45) is 3.09. The molecule has 0 unspecified atom stereocenters. The zero-order chi connectivity index (χ0) is 23.5. The van der Waals surface area contributed by atoms with Crippen LogP contribution in [0.4, 0.5) is 4.39 Å². The minimum Gasteiger partial charge on any atom is -0.507 e. The first-order chi connectivity index (χ1) is 15.9. The lowest BCUT2D eigenvalue weighted by Gasteiger charge is -2.24. The summed E-state index contributed by atoms with van der Waals surface area (Å²) in [4.78, 5) is 27.3. The number of hydrogen-bond acceptors (Lipinski definition) is 5. The summed E-state index contributed by atoms with van der Waals surface area (Å²) in [5.74, 6) is -1.53. The number of carbonyl (C=O) groups is 2. The van der Waals surface area contributed by atoms with Crippen molar-refractivity contribution in [2.75, 3.05) is 6.61 Å². The SMILES string of the molecule is C=CCOc1ccc([C@@H]2C(=C(O)c3ccc(C)c(F)c3)C(=O)C(=O)N2Cc2ccco2)cc1. The summed E-state index contributed by atoms with van der Waals surface area (Å²) in [5, 5.41) is 11.0. The van der Waals surface area contributed by atoms with Gasteiger partial charge in [0, 0.05) is 5.56 Å². The maximum absolute atomic E-state index is 14.2. The highest BCUT2D eigenvalue weighted by molar-refractivity contribution is 6.46. The van der Waals surface area contributed by atoms with Crippen LogP contribution in [-0.4, -0.2) is 28.3 Å². The van der Waals surface area contributed by atoms with Crippen LogP contribution < -0.4 is 4.74 Å². The lowest BCUT2D eigenvalue weighted by molar-refractivity contribution is -0.140. The van der Waals surface area contributed by atoms with Crippen molar-refractivity contribution in [3.8, 4) is 5.75 Å². The first-order valence-corrected chi connectivity index (χ1v) is 10.3. The number of carbonyl (C=O) groups excluding carboxylic acids is 2. The van der Waals surface area contributed by atoms with E-state index < -0.39 is 29.3 Å². The molecule has 1 atom stereocenters. The summed E-state index contributed by atoms with van der Waals surface area (Å²) in [6, 6.07) is 13.5. The number of aliphatic hydroxyl groups is 1. The molecular weight excluding hydrogens is 425 g/mol. The minimum absolute atomic E-state index is 0.0238. The molecule has 1 N–H and O–H groups in total. The third-order valence-electron chi connectivity index (χ3n) is 5.46. The van der Waals surface area contributed by atoms with Gasteiger partial charge in [-0.3, -0.25) is 9.59 Å². The van der Waals surface area contributed by atoms with E-state index in [-0.39, 0.29) is 17.7 Å². The highest BCUT2D eigenvalue weighted by Crippen LogP contribution is 2.40. The van der Waals surface area contributed by atoms with Crippen LogP contribution in [0.3, 0.4) is 0 Å². The van der Waals surface area contributed by atoms with E-state index in [1.807, 2.05) is 0 Å². The molecule has 2 aromatic carbocycles. The molecule has 1 aliphatic rings. The summed E-state index contributed by atoms with van der Waals surface area (Å²) < 4.78 is 25.1. The van der Waals surface area contributed by atoms with Crippen molar-refractivity contribution in [2.24, 2.45) is 0 Å². The lowest BCUT2D eigenvalue weighted by atomic mass is 9.95. The number of benzene rings is 2. The molecule has 1 saturated heterocycles. The molecule has 0 aliphatic carbocycles. The summed E-state index contributed by atoms with van der Waals surface area (Å²) >= 11 is 0. The van der Waals surface area contributed by atoms with Gasteiger partial charge < -0.3 is 19.2 Å². The molecule has 1 fully saturated rings. The van der Waals surface area contributed by atoms with Gasteiger partial charge in [0.05, 0.1) is 24.4 Å². The van der Waals surface area contributed by atoms with Crippen LogP contribution in [0.1, 0.15) is 28.5 Å². The molecule has 4 rings (SSSR count). The molecular formula is C26H22FNO5. The van der Waals surface area contributed by atoms with Crippen LogP contribution in [0.15, 0.2) is 83.5 Å². The van der Waals surface area contributed by atoms with Crippen LogP contribution in [0.5, 0.6) is 5.75 Å². The van der Waals surface area contributed by atoms with Gasteiger partial charge in [0.2, 0.25) is 0 Å². The van der Waals surface area contributed by atoms with Crippen LogP contribution in [-0.2, 0) is 16.1 Å². The Kier molecular flexibility index (Phi) is 6.13. The van der Waals surface area contributed by atoms with Crippen molar-refractivity contribution in [2.45, 2.75) is 19.5 Å². The monoisotopic (exact) mass is 447 g/mol. The highest BCUT2D eigenvalue weighted by atomic mass is 19.1. The second-order valence-corrected chi connectivity index (χ2v) is 7.64. The number of aryl methyl sites for hydroxylation is 1.